The molecule has 292 valence electrons. The minimum Gasteiger partial charge on any atom is -0.461 e. The van der Waals surface area contributed by atoms with E-state index >= 15 is 0 Å². The fourth-order valence-electron chi connectivity index (χ4n) is 3.17. The quantitative estimate of drug-likeness (QED) is 0.0327. The van der Waals surface area contributed by atoms with E-state index < -0.39 is 155 Å². The zero-order chi connectivity index (χ0) is 39.1. The zero-order valence-electron chi connectivity index (χ0n) is 28.8. The Morgan fingerprint density at radius 2 is 0.580 bits per heavy atom. The number of aliphatic hydroxyl groups excluding tert-OH is 10. The topological polar surface area (TPSA) is 334 Å². The van der Waals surface area contributed by atoms with Crippen LogP contribution >= 0.6 is 0 Å². The number of aliphatic hydroxyl groups is 10. The molecule has 0 radical (unpaired) electrons. The molecule has 0 saturated carbocycles. The van der Waals surface area contributed by atoms with Crippen molar-refractivity contribution in [3.8, 4) is 0 Å². The summed E-state index contributed by atoms with van der Waals surface area (Å²) in [5, 5.41) is 97.4. The average molecular weight is 733 g/mol. The maximum Gasteiger partial charge on any atom is 0.317 e. The highest BCUT2D eigenvalue weighted by Gasteiger charge is 2.48. The lowest BCUT2D eigenvalue weighted by atomic mass is 9.92. The van der Waals surface area contributed by atoms with Crippen molar-refractivity contribution in [3.05, 3.63) is 0 Å². The molecule has 0 aliphatic carbocycles. The van der Waals surface area contributed by atoms with Crippen molar-refractivity contribution < 1.29 is 98.7 Å². The molecular weight excluding hydrogens is 680 g/mol. The fraction of sp³-hybridized carbons (Fsp3) is 0.833. The first-order valence-electron chi connectivity index (χ1n) is 15.3. The minimum atomic E-state index is -2.28. The standard InChI is InChI=1S/C30H52O20/c1-26(8-31,9-32)21(41)46-6-18(48-23(43)28(3,12-35)13-36)20(50-25(45)30(5,16-39)17-40)19(49-24(44)29(4,14-37)15-38)7-47-22(42)27(2,10-33)11-34/h18-20,31-40H,6-17H2,1-5H3. The Hall–Kier alpha value is -3.05. The summed E-state index contributed by atoms with van der Waals surface area (Å²) in [5.74, 6) is -6.90. The van der Waals surface area contributed by atoms with Crippen molar-refractivity contribution in [2.45, 2.75) is 52.9 Å². The Labute approximate surface area is 288 Å². The van der Waals surface area contributed by atoms with E-state index in [0.717, 1.165) is 34.6 Å². The first-order chi connectivity index (χ1) is 23.2. The molecule has 0 bridgehead atoms. The number of rotatable bonds is 24. The Kier molecular flexibility index (Phi) is 18.9. The molecule has 0 amide bonds. The monoisotopic (exact) mass is 732 g/mol. The van der Waals surface area contributed by atoms with Crippen LogP contribution in [0.25, 0.3) is 0 Å². The highest BCUT2D eigenvalue weighted by Crippen LogP contribution is 2.28. The zero-order valence-corrected chi connectivity index (χ0v) is 28.8. The van der Waals surface area contributed by atoms with Crippen molar-refractivity contribution in [1.29, 1.82) is 0 Å². The van der Waals surface area contributed by atoms with Crippen molar-refractivity contribution in [2.24, 2.45) is 27.1 Å². The molecule has 50 heavy (non-hydrogen) atoms. The number of carbonyl (C=O) groups is 5. The maximum atomic E-state index is 13.4. The summed E-state index contributed by atoms with van der Waals surface area (Å²) < 4.78 is 26.6. The van der Waals surface area contributed by atoms with Crippen molar-refractivity contribution in [3.63, 3.8) is 0 Å². The van der Waals surface area contributed by atoms with E-state index in [1.54, 1.807) is 0 Å². The first-order valence-corrected chi connectivity index (χ1v) is 15.3. The van der Waals surface area contributed by atoms with Crippen LogP contribution < -0.4 is 0 Å². The molecule has 0 saturated heterocycles. The number of hydrogen-bond acceptors (Lipinski definition) is 20. The van der Waals surface area contributed by atoms with Gasteiger partial charge in [-0.1, -0.05) is 0 Å². The lowest BCUT2D eigenvalue weighted by Crippen LogP contribution is -2.55. The van der Waals surface area contributed by atoms with Gasteiger partial charge in [0.15, 0.2) is 18.3 Å². The van der Waals surface area contributed by atoms with E-state index in [4.69, 9.17) is 23.7 Å². The third-order valence-electron chi connectivity index (χ3n) is 8.20. The highest BCUT2D eigenvalue weighted by atomic mass is 16.6. The largest absolute Gasteiger partial charge is 0.461 e. The lowest BCUT2D eigenvalue weighted by Gasteiger charge is -2.37. The highest BCUT2D eigenvalue weighted by molar-refractivity contribution is 5.80. The Morgan fingerprint density at radius 1 is 0.380 bits per heavy atom. The summed E-state index contributed by atoms with van der Waals surface area (Å²) >= 11 is 0. The van der Waals surface area contributed by atoms with Gasteiger partial charge < -0.3 is 74.7 Å². The predicted molar refractivity (Wildman–Crippen MR) is 163 cm³/mol. The van der Waals surface area contributed by atoms with E-state index in [1.807, 2.05) is 0 Å². The van der Waals surface area contributed by atoms with Gasteiger partial charge in [0.25, 0.3) is 0 Å². The van der Waals surface area contributed by atoms with E-state index in [1.165, 1.54) is 0 Å². The van der Waals surface area contributed by atoms with Crippen LogP contribution in [0, 0.1) is 27.1 Å². The van der Waals surface area contributed by atoms with Crippen molar-refractivity contribution in [1.82, 2.24) is 0 Å². The second-order valence-electron chi connectivity index (χ2n) is 13.3. The van der Waals surface area contributed by atoms with E-state index in [9.17, 15) is 75.0 Å². The molecule has 20 nitrogen and oxygen atoms in total. The van der Waals surface area contributed by atoms with Crippen LogP contribution in [0.4, 0.5) is 0 Å². The smallest absolute Gasteiger partial charge is 0.317 e. The van der Waals surface area contributed by atoms with E-state index in [-0.39, 0.29) is 0 Å². The molecule has 2 atom stereocenters. The van der Waals surface area contributed by atoms with Crippen LogP contribution in [0.5, 0.6) is 0 Å². The van der Waals surface area contributed by atoms with Crippen LogP contribution in [-0.4, -0.2) is 179 Å². The third kappa shape index (κ3) is 11.5. The normalized spacial score (nSPS) is 14.6. The molecule has 0 spiro atoms. The summed E-state index contributed by atoms with van der Waals surface area (Å²) in [6, 6.07) is 0. The van der Waals surface area contributed by atoms with Crippen LogP contribution in [0.3, 0.4) is 0 Å². The van der Waals surface area contributed by atoms with Crippen LogP contribution in [0.1, 0.15) is 34.6 Å². The van der Waals surface area contributed by atoms with Crippen LogP contribution in [0.2, 0.25) is 0 Å². The van der Waals surface area contributed by atoms with E-state index in [0.29, 0.717) is 0 Å². The van der Waals surface area contributed by atoms with Gasteiger partial charge in [-0.25, -0.2) is 0 Å². The van der Waals surface area contributed by atoms with Gasteiger partial charge in [0.1, 0.15) is 40.3 Å². The number of carbonyl (C=O) groups excluding carboxylic acids is 5. The molecule has 0 heterocycles. The molecule has 0 fully saturated rings. The molecule has 0 rings (SSSR count). The summed E-state index contributed by atoms with van der Waals surface area (Å²) in [5.41, 5.74) is -10.1. The Balaban J connectivity index is 7.56. The molecule has 0 aromatic heterocycles. The van der Waals surface area contributed by atoms with Crippen LogP contribution in [0.15, 0.2) is 0 Å². The average Bonchev–Trinajstić information content (AvgIpc) is 3.14. The molecule has 2 unspecified atom stereocenters. The van der Waals surface area contributed by atoms with Gasteiger partial charge in [-0.05, 0) is 34.6 Å². The van der Waals surface area contributed by atoms with Gasteiger partial charge in [0, 0.05) is 0 Å². The third-order valence-corrected chi connectivity index (χ3v) is 8.20. The molecule has 20 heteroatoms. The minimum absolute atomic E-state index is 0.949. The Morgan fingerprint density at radius 3 is 0.800 bits per heavy atom. The number of hydrogen-bond donors (Lipinski definition) is 10. The second-order valence-corrected chi connectivity index (χ2v) is 13.3. The summed E-state index contributed by atoms with van der Waals surface area (Å²) in [4.78, 5) is 65.7. The molecule has 0 aromatic carbocycles. The van der Waals surface area contributed by atoms with Crippen molar-refractivity contribution >= 4 is 29.8 Å². The van der Waals surface area contributed by atoms with Gasteiger partial charge in [0.2, 0.25) is 0 Å². The SMILES string of the molecule is CC(CO)(CO)C(=O)OCC(OC(=O)C(C)(CO)CO)C(OC(=O)C(C)(CO)CO)C(COC(=O)C(C)(CO)CO)OC(=O)C(C)(CO)CO. The Bertz CT molecular complexity index is 1030. The van der Waals surface area contributed by atoms with Gasteiger partial charge in [-0.15, -0.1) is 0 Å². The van der Waals surface area contributed by atoms with Gasteiger partial charge in [-0.3, -0.25) is 24.0 Å². The summed E-state index contributed by atoms with van der Waals surface area (Å²) in [7, 11) is 0. The molecule has 0 aliphatic rings. The van der Waals surface area contributed by atoms with Gasteiger partial charge in [-0.2, -0.15) is 0 Å². The summed E-state index contributed by atoms with van der Waals surface area (Å²) in [6.07, 6.45) is -6.60. The van der Waals surface area contributed by atoms with Crippen LogP contribution in [-0.2, 0) is 47.7 Å². The molecule has 0 aromatic rings. The first kappa shape index (κ1) is 47.0. The van der Waals surface area contributed by atoms with Gasteiger partial charge in [0.05, 0.1) is 66.1 Å². The number of esters is 5. The maximum absolute atomic E-state index is 13.4. The predicted octanol–water partition coefficient (Wildman–Crippen LogP) is -5.24. The molecule has 10 N–H and O–H groups in total. The van der Waals surface area contributed by atoms with Crippen molar-refractivity contribution in [2.75, 3.05) is 79.3 Å². The fourth-order valence-corrected chi connectivity index (χ4v) is 3.17. The second kappa shape index (κ2) is 20.1. The van der Waals surface area contributed by atoms with Gasteiger partial charge >= 0.3 is 29.8 Å². The molecule has 0 aliphatic heterocycles. The lowest BCUT2D eigenvalue weighted by molar-refractivity contribution is -0.213. The summed E-state index contributed by atoms with van der Waals surface area (Å²) in [6.45, 7) is -7.04. The number of ether oxygens (including phenoxy) is 5. The van der Waals surface area contributed by atoms with E-state index in [2.05, 4.69) is 0 Å². The molecular formula is C30H52O20.